The molecule has 104 valence electrons. The topological polar surface area (TPSA) is 61.4 Å². The number of piperidine rings is 1. The number of rotatable bonds is 4. The van der Waals surface area contributed by atoms with Gasteiger partial charge < -0.3 is 5.32 Å². The van der Waals surface area contributed by atoms with Crippen LogP contribution >= 0.6 is 0 Å². The highest BCUT2D eigenvalue weighted by atomic mass is 16.2. The first-order chi connectivity index (χ1) is 8.47. The Morgan fingerprint density at radius 2 is 2.11 bits per heavy atom. The van der Waals surface area contributed by atoms with Crippen molar-refractivity contribution in [1.29, 1.82) is 0 Å². The summed E-state index contributed by atoms with van der Waals surface area (Å²) < 4.78 is 0. The number of nitrogens with one attached hydrogen (secondary N) is 2. The van der Waals surface area contributed by atoms with Gasteiger partial charge in [-0.2, -0.15) is 0 Å². The molecular formula is C13H25N3O2. The molecule has 0 radical (unpaired) electrons. The van der Waals surface area contributed by atoms with E-state index in [0.29, 0.717) is 24.9 Å². The predicted molar refractivity (Wildman–Crippen MR) is 71.2 cm³/mol. The minimum Gasteiger partial charge on any atom is -0.338 e. The molecule has 0 aromatic carbocycles. The molecule has 0 saturated carbocycles. The largest absolute Gasteiger partial charge is 0.338 e. The standard InChI is InChI=1S/C13H25N3O2/c1-10(2)7-14-13(18)15-12(17)9-16-6-4-5-11(3)8-16/h10-11H,4-9H2,1-3H3,(H2,14,15,17,18)/t11-/m1/s1. The van der Waals surface area contributed by atoms with Gasteiger partial charge in [-0.25, -0.2) is 4.79 Å². The monoisotopic (exact) mass is 255 g/mol. The van der Waals surface area contributed by atoms with Crippen LogP contribution in [0.1, 0.15) is 33.6 Å². The molecule has 1 atom stereocenters. The molecule has 18 heavy (non-hydrogen) atoms. The third kappa shape index (κ3) is 6.00. The van der Waals surface area contributed by atoms with Gasteiger partial charge in [0.1, 0.15) is 0 Å². The number of carbonyl (C=O) groups excluding carboxylic acids is 2. The Morgan fingerprint density at radius 3 is 2.72 bits per heavy atom. The first-order valence-electron chi connectivity index (χ1n) is 6.77. The molecule has 1 rings (SSSR count). The van der Waals surface area contributed by atoms with Gasteiger partial charge in [-0.15, -0.1) is 0 Å². The second-order valence-electron chi connectivity index (χ2n) is 5.63. The molecule has 5 nitrogen and oxygen atoms in total. The van der Waals surface area contributed by atoms with Crippen LogP contribution in [0, 0.1) is 11.8 Å². The smallest absolute Gasteiger partial charge is 0.321 e. The summed E-state index contributed by atoms with van der Waals surface area (Å²) in [6.45, 7) is 9.01. The fraction of sp³-hybridized carbons (Fsp3) is 0.846. The van der Waals surface area contributed by atoms with Crippen LogP contribution in [0.5, 0.6) is 0 Å². The maximum absolute atomic E-state index is 11.7. The quantitative estimate of drug-likeness (QED) is 0.793. The summed E-state index contributed by atoms with van der Waals surface area (Å²) in [6, 6.07) is -0.390. The summed E-state index contributed by atoms with van der Waals surface area (Å²) in [5, 5.41) is 5.04. The van der Waals surface area contributed by atoms with Crippen molar-refractivity contribution < 1.29 is 9.59 Å². The summed E-state index contributed by atoms with van der Waals surface area (Å²) in [5.74, 6) is 0.806. The maximum Gasteiger partial charge on any atom is 0.321 e. The van der Waals surface area contributed by atoms with Crippen molar-refractivity contribution in [1.82, 2.24) is 15.5 Å². The number of hydrogen-bond donors (Lipinski definition) is 2. The molecule has 2 N–H and O–H groups in total. The van der Waals surface area contributed by atoms with E-state index in [-0.39, 0.29) is 5.91 Å². The molecule has 1 heterocycles. The van der Waals surface area contributed by atoms with E-state index in [4.69, 9.17) is 0 Å². The minimum atomic E-state index is -0.390. The number of urea groups is 1. The fourth-order valence-corrected chi connectivity index (χ4v) is 2.14. The van der Waals surface area contributed by atoms with Crippen LogP contribution in [0.25, 0.3) is 0 Å². The lowest BCUT2D eigenvalue weighted by Gasteiger charge is -2.29. The zero-order valence-corrected chi connectivity index (χ0v) is 11.7. The summed E-state index contributed by atoms with van der Waals surface area (Å²) >= 11 is 0. The van der Waals surface area contributed by atoms with Crippen LogP contribution < -0.4 is 10.6 Å². The third-order valence-corrected chi connectivity index (χ3v) is 3.03. The van der Waals surface area contributed by atoms with E-state index in [1.54, 1.807) is 0 Å². The van der Waals surface area contributed by atoms with Gasteiger partial charge in [0.25, 0.3) is 0 Å². The van der Waals surface area contributed by atoms with Crippen LogP contribution in [0.4, 0.5) is 4.79 Å². The maximum atomic E-state index is 11.7. The Kier molecular flexibility index (Phi) is 6.12. The van der Waals surface area contributed by atoms with Crippen molar-refractivity contribution in [2.45, 2.75) is 33.6 Å². The zero-order chi connectivity index (χ0) is 13.5. The summed E-state index contributed by atoms with van der Waals surface area (Å²) in [6.07, 6.45) is 2.36. The molecule has 1 fully saturated rings. The Morgan fingerprint density at radius 1 is 1.39 bits per heavy atom. The molecule has 0 bridgehead atoms. The average molecular weight is 255 g/mol. The summed E-state index contributed by atoms with van der Waals surface area (Å²) in [5.41, 5.74) is 0. The molecule has 0 unspecified atom stereocenters. The number of carbonyl (C=O) groups is 2. The minimum absolute atomic E-state index is 0.217. The fourth-order valence-electron chi connectivity index (χ4n) is 2.14. The highest BCUT2D eigenvalue weighted by Crippen LogP contribution is 2.14. The molecule has 3 amide bonds. The van der Waals surface area contributed by atoms with Gasteiger partial charge in [-0.3, -0.25) is 15.0 Å². The molecule has 0 spiro atoms. The number of imide groups is 1. The van der Waals surface area contributed by atoms with Gasteiger partial charge >= 0.3 is 6.03 Å². The van der Waals surface area contributed by atoms with Gasteiger partial charge in [0.05, 0.1) is 6.54 Å². The van der Waals surface area contributed by atoms with E-state index in [2.05, 4.69) is 22.5 Å². The van der Waals surface area contributed by atoms with Crippen LogP contribution in [-0.2, 0) is 4.79 Å². The van der Waals surface area contributed by atoms with Crippen molar-refractivity contribution in [2.24, 2.45) is 11.8 Å². The lowest BCUT2D eigenvalue weighted by atomic mass is 10.0. The van der Waals surface area contributed by atoms with Crippen molar-refractivity contribution in [3.63, 3.8) is 0 Å². The summed E-state index contributed by atoms with van der Waals surface area (Å²) in [7, 11) is 0. The normalized spacial score (nSPS) is 20.8. The van der Waals surface area contributed by atoms with E-state index >= 15 is 0 Å². The molecule has 1 aliphatic heterocycles. The first kappa shape index (κ1) is 15.0. The van der Waals surface area contributed by atoms with Crippen LogP contribution in [0.3, 0.4) is 0 Å². The van der Waals surface area contributed by atoms with Crippen LogP contribution in [-0.4, -0.2) is 43.0 Å². The molecule has 0 aromatic heterocycles. The Balaban J connectivity index is 2.22. The summed E-state index contributed by atoms with van der Waals surface area (Å²) in [4.78, 5) is 25.2. The van der Waals surface area contributed by atoms with Crippen molar-refractivity contribution in [3.05, 3.63) is 0 Å². The highest BCUT2D eigenvalue weighted by Gasteiger charge is 2.19. The van der Waals surface area contributed by atoms with E-state index in [1.165, 1.54) is 6.42 Å². The van der Waals surface area contributed by atoms with E-state index in [0.717, 1.165) is 19.5 Å². The molecule has 0 aromatic rings. The molecule has 1 aliphatic rings. The average Bonchev–Trinajstić information content (AvgIpc) is 2.26. The molecule has 5 heteroatoms. The van der Waals surface area contributed by atoms with Gasteiger partial charge in [-0.05, 0) is 31.2 Å². The third-order valence-electron chi connectivity index (χ3n) is 3.03. The Hall–Kier alpha value is -1.10. The molecule has 0 aliphatic carbocycles. The van der Waals surface area contributed by atoms with E-state index in [1.807, 2.05) is 13.8 Å². The predicted octanol–water partition coefficient (Wildman–Crippen LogP) is 1.20. The van der Waals surface area contributed by atoms with E-state index < -0.39 is 6.03 Å². The van der Waals surface area contributed by atoms with Crippen molar-refractivity contribution >= 4 is 11.9 Å². The van der Waals surface area contributed by atoms with Crippen molar-refractivity contribution in [3.8, 4) is 0 Å². The lowest BCUT2D eigenvalue weighted by Crippen LogP contribution is -2.47. The lowest BCUT2D eigenvalue weighted by molar-refractivity contribution is -0.121. The highest BCUT2D eigenvalue weighted by molar-refractivity contribution is 5.95. The number of likely N-dealkylation sites (tertiary alicyclic amines) is 1. The number of hydrogen-bond acceptors (Lipinski definition) is 3. The zero-order valence-electron chi connectivity index (χ0n) is 11.7. The first-order valence-corrected chi connectivity index (χ1v) is 6.77. The Labute approximate surface area is 109 Å². The van der Waals surface area contributed by atoms with Crippen molar-refractivity contribution in [2.75, 3.05) is 26.2 Å². The second kappa shape index (κ2) is 7.36. The SMILES string of the molecule is CC(C)CNC(=O)NC(=O)CN1CCC[C@@H](C)C1. The van der Waals surface area contributed by atoms with Crippen LogP contribution in [0.2, 0.25) is 0 Å². The van der Waals surface area contributed by atoms with E-state index in [9.17, 15) is 9.59 Å². The Bertz CT molecular complexity index is 292. The van der Waals surface area contributed by atoms with Gasteiger partial charge in [-0.1, -0.05) is 20.8 Å². The number of nitrogens with zero attached hydrogens (tertiary/aromatic N) is 1. The second-order valence-corrected chi connectivity index (χ2v) is 5.63. The molecular weight excluding hydrogens is 230 g/mol. The molecule has 1 saturated heterocycles. The number of amides is 3. The van der Waals surface area contributed by atoms with Crippen LogP contribution in [0.15, 0.2) is 0 Å². The van der Waals surface area contributed by atoms with Gasteiger partial charge in [0.15, 0.2) is 0 Å². The van der Waals surface area contributed by atoms with Gasteiger partial charge in [0.2, 0.25) is 5.91 Å². The van der Waals surface area contributed by atoms with Gasteiger partial charge in [0, 0.05) is 13.1 Å².